The zero-order valence-corrected chi connectivity index (χ0v) is 12.6. The summed E-state index contributed by atoms with van der Waals surface area (Å²) in [6, 6.07) is 5.61. The molecule has 6 heteroatoms. The number of nitrogens with two attached hydrogens (primary N) is 1. The second kappa shape index (κ2) is 7.26. The van der Waals surface area contributed by atoms with Crippen LogP contribution in [0.4, 0.5) is 0 Å². The first kappa shape index (κ1) is 16.5. The Kier molecular flexibility index (Phi) is 5.98. The number of hydrogen-bond donors (Lipinski definition) is 1. The first-order valence-electron chi connectivity index (χ1n) is 6.33. The van der Waals surface area contributed by atoms with Gasteiger partial charge in [-0.15, -0.1) is 0 Å². The molecule has 0 saturated carbocycles. The minimum absolute atomic E-state index is 0.184. The molecule has 1 amide bonds. The summed E-state index contributed by atoms with van der Waals surface area (Å²) in [6.45, 7) is 3.66. The Balaban J connectivity index is 2.84. The van der Waals surface area contributed by atoms with E-state index in [1.165, 1.54) is 4.90 Å². The van der Waals surface area contributed by atoms with E-state index in [4.69, 9.17) is 22.1 Å². The average molecular weight is 299 g/mol. The topological polar surface area (TPSA) is 72.6 Å². The Morgan fingerprint density at radius 2 is 2.00 bits per heavy atom. The van der Waals surface area contributed by atoms with Gasteiger partial charge in [-0.1, -0.05) is 29.8 Å². The predicted octanol–water partition coefficient (Wildman–Crippen LogP) is 1.75. The molecule has 0 saturated heterocycles. The first-order chi connectivity index (χ1) is 9.40. The van der Waals surface area contributed by atoms with Crippen LogP contribution in [0.25, 0.3) is 0 Å². The maximum Gasteiger partial charge on any atom is 0.332 e. The van der Waals surface area contributed by atoms with E-state index in [2.05, 4.69) is 0 Å². The molecule has 0 aliphatic heterocycles. The monoisotopic (exact) mass is 298 g/mol. The average Bonchev–Trinajstić information content (AvgIpc) is 2.45. The fraction of sp³-hybridized carbons (Fsp3) is 0.429. The molecule has 1 aromatic carbocycles. The van der Waals surface area contributed by atoms with Crippen LogP contribution in [-0.2, 0) is 14.3 Å². The summed E-state index contributed by atoms with van der Waals surface area (Å²) in [5, 5.41) is 0.560. The van der Waals surface area contributed by atoms with Gasteiger partial charge in [-0.2, -0.15) is 0 Å². The lowest BCUT2D eigenvalue weighted by atomic mass is 10.1. The highest BCUT2D eigenvalue weighted by Gasteiger charge is 2.29. The van der Waals surface area contributed by atoms with E-state index in [1.807, 2.05) is 25.1 Å². The number of nitrogens with zero attached hydrogens (tertiary/aromatic N) is 1. The first-order valence-corrected chi connectivity index (χ1v) is 6.71. The van der Waals surface area contributed by atoms with Gasteiger partial charge in [0.2, 0.25) is 0 Å². The van der Waals surface area contributed by atoms with Crippen molar-refractivity contribution >= 4 is 23.5 Å². The SMILES string of the molecule is CCOC(=O)C(N)C(=O)N(C)C(C)c1ccccc1Cl. The Bertz CT molecular complexity index is 493. The van der Waals surface area contributed by atoms with Crippen LogP contribution in [-0.4, -0.2) is 36.5 Å². The van der Waals surface area contributed by atoms with Crippen LogP contribution in [0.3, 0.4) is 0 Å². The molecule has 2 N–H and O–H groups in total. The number of esters is 1. The lowest BCUT2D eigenvalue weighted by Gasteiger charge is -2.27. The van der Waals surface area contributed by atoms with E-state index >= 15 is 0 Å². The van der Waals surface area contributed by atoms with Gasteiger partial charge in [0.05, 0.1) is 12.6 Å². The Morgan fingerprint density at radius 1 is 1.40 bits per heavy atom. The highest BCUT2D eigenvalue weighted by Crippen LogP contribution is 2.26. The number of hydrogen-bond acceptors (Lipinski definition) is 4. The van der Waals surface area contributed by atoms with Gasteiger partial charge in [-0.05, 0) is 25.5 Å². The molecule has 0 fully saturated rings. The van der Waals surface area contributed by atoms with Crippen molar-refractivity contribution in [3.05, 3.63) is 34.9 Å². The standard InChI is InChI=1S/C14H19ClN2O3/c1-4-20-14(19)12(16)13(18)17(3)9(2)10-7-5-6-8-11(10)15/h5-9,12H,4,16H2,1-3H3. The van der Waals surface area contributed by atoms with E-state index in [9.17, 15) is 9.59 Å². The van der Waals surface area contributed by atoms with E-state index in [1.54, 1.807) is 20.0 Å². The molecule has 0 aliphatic carbocycles. The second-order valence-electron chi connectivity index (χ2n) is 4.38. The summed E-state index contributed by atoms with van der Waals surface area (Å²) < 4.78 is 4.75. The zero-order valence-electron chi connectivity index (χ0n) is 11.8. The van der Waals surface area contributed by atoms with E-state index in [0.29, 0.717) is 5.02 Å². The molecule has 0 aromatic heterocycles. The summed E-state index contributed by atoms with van der Waals surface area (Å²) in [7, 11) is 1.58. The van der Waals surface area contributed by atoms with Crippen molar-refractivity contribution in [2.45, 2.75) is 25.9 Å². The van der Waals surface area contributed by atoms with Crippen molar-refractivity contribution in [1.82, 2.24) is 4.90 Å². The summed E-state index contributed by atoms with van der Waals surface area (Å²) in [5.41, 5.74) is 6.40. The molecule has 0 spiro atoms. The van der Waals surface area contributed by atoms with Gasteiger partial charge in [0.15, 0.2) is 6.04 Å². The van der Waals surface area contributed by atoms with Crippen LogP contribution in [0, 0.1) is 0 Å². The van der Waals surface area contributed by atoms with Crippen LogP contribution >= 0.6 is 11.6 Å². The molecule has 0 bridgehead atoms. The van der Waals surface area contributed by atoms with Crippen LogP contribution in [0.5, 0.6) is 0 Å². The van der Waals surface area contributed by atoms with Crippen molar-refractivity contribution in [2.75, 3.05) is 13.7 Å². The lowest BCUT2D eigenvalue weighted by Crippen LogP contribution is -2.48. The van der Waals surface area contributed by atoms with Crippen LogP contribution in [0.1, 0.15) is 25.5 Å². The molecule has 0 aliphatic rings. The Labute approximate surface area is 123 Å². The smallest absolute Gasteiger partial charge is 0.332 e. The number of carbonyl (C=O) groups excluding carboxylic acids is 2. The number of likely N-dealkylation sites (N-methyl/N-ethyl adjacent to an activating group) is 1. The molecule has 1 aromatic rings. The molecule has 1 rings (SSSR count). The molecular weight excluding hydrogens is 280 g/mol. The van der Waals surface area contributed by atoms with Gasteiger partial charge in [0.25, 0.3) is 5.91 Å². The third-order valence-electron chi connectivity index (χ3n) is 3.09. The van der Waals surface area contributed by atoms with Crippen LogP contribution in [0.2, 0.25) is 5.02 Å². The van der Waals surface area contributed by atoms with Crippen LogP contribution < -0.4 is 5.73 Å². The maximum atomic E-state index is 12.1. The third-order valence-corrected chi connectivity index (χ3v) is 3.43. The lowest BCUT2D eigenvalue weighted by molar-refractivity contribution is -0.151. The molecule has 20 heavy (non-hydrogen) atoms. The molecule has 110 valence electrons. The predicted molar refractivity (Wildman–Crippen MR) is 77.2 cm³/mol. The largest absolute Gasteiger partial charge is 0.464 e. The van der Waals surface area contributed by atoms with Crippen molar-refractivity contribution in [2.24, 2.45) is 5.73 Å². The number of benzene rings is 1. The van der Waals surface area contributed by atoms with E-state index in [0.717, 1.165) is 5.56 Å². The molecule has 0 radical (unpaired) electrons. The normalized spacial score (nSPS) is 13.4. The molecule has 2 unspecified atom stereocenters. The van der Waals surface area contributed by atoms with Crippen LogP contribution in [0.15, 0.2) is 24.3 Å². The minimum Gasteiger partial charge on any atom is -0.464 e. The fourth-order valence-electron chi connectivity index (χ4n) is 1.77. The number of halogens is 1. The van der Waals surface area contributed by atoms with Gasteiger partial charge in [-0.25, -0.2) is 4.79 Å². The zero-order chi connectivity index (χ0) is 15.3. The van der Waals surface area contributed by atoms with E-state index < -0.39 is 17.9 Å². The number of carbonyl (C=O) groups is 2. The second-order valence-corrected chi connectivity index (χ2v) is 4.78. The Morgan fingerprint density at radius 3 is 2.55 bits per heavy atom. The quantitative estimate of drug-likeness (QED) is 0.664. The minimum atomic E-state index is -1.31. The number of ether oxygens (including phenoxy) is 1. The molecule has 5 nitrogen and oxygen atoms in total. The summed E-state index contributed by atoms with van der Waals surface area (Å²) >= 11 is 6.10. The van der Waals surface area contributed by atoms with Gasteiger partial charge in [-0.3, -0.25) is 4.79 Å². The highest BCUT2D eigenvalue weighted by atomic mass is 35.5. The third kappa shape index (κ3) is 3.71. The van der Waals surface area contributed by atoms with Crippen molar-refractivity contribution in [3.63, 3.8) is 0 Å². The van der Waals surface area contributed by atoms with Gasteiger partial charge < -0.3 is 15.4 Å². The maximum absolute atomic E-state index is 12.1. The highest BCUT2D eigenvalue weighted by molar-refractivity contribution is 6.31. The number of amides is 1. The van der Waals surface area contributed by atoms with E-state index in [-0.39, 0.29) is 12.6 Å². The van der Waals surface area contributed by atoms with Gasteiger partial charge in [0, 0.05) is 12.1 Å². The Hall–Kier alpha value is -1.59. The molecular formula is C14H19ClN2O3. The number of rotatable bonds is 5. The summed E-state index contributed by atoms with van der Waals surface area (Å²) in [4.78, 5) is 25.0. The molecule has 2 atom stereocenters. The van der Waals surface area contributed by atoms with Crippen molar-refractivity contribution < 1.29 is 14.3 Å². The van der Waals surface area contributed by atoms with Crippen molar-refractivity contribution in [1.29, 1.82) is 0 Å². The summed E-state index contributed by atoms with van der Waals surface area (Å²) in [5.74, 6) is -1.23. The fourth-order valence-corrected chi connectivity index (χ4v) is 2.06. The summed E-state index contributed by atoms with van der Waals surface area (Å²) in [6.07, 6.45) is 0. The van der Waals surface area contributed by atoms with Gasteiger partial charge >= 0.3 is 5.97 Å². The van der Waals surface area contributed by atoms with Crippen molar-refractivity contribution in [3.8, 4) is 0 Å². The van der Waals surface area contributed by atoms with Gasteiger partial charge in [0.1, 0.15) is 0 Å². The molecule has 0 heterocycles.